The van der Waals surface area contributed by atoms with E-state index in [1.165, 1.54) is 6.92 Å². The van der Waals surface area contributed by atoms with Crippen LogP contribution < -0.4 is 5.32 Å². The van der Waals surface area contributed by atoms with Crippen LogP contribution in [0.25, 0.3) is 0 Å². The van der Waals surface area contributed by atoms with E-state index in [-0.39, 0.29) is 17.7 Å². The lowest BCUT2D eigenvalue weighted by Crippen LogP contribution is -2.28. The zero-order valence-corrected chi connectivity index (χ0v) is 9.73. The van der Waals surface area contributed by atoms with Crippen LogP contribution in [0.5, 0.6) is 0 Å². The standard InChI is InChI=1S/C13H15NO3/c1-9(15)10-2-4-11(5-3-10)12-8-17-7-6-13(16)14-12/h2-5,12H,6-8H2,1H3,(H,14,16). The van der Waals surface area contributed by atoms with Crippen LogP contribution in [0.4, 0.5) is 0 Å². The molecule has 1 fully saturated rings. The first-order valence-corrected chi connectivity index (χ1v) is 5.65. The molecule has 0 saturated carbocycles. The van der Waals surface area contributed by atoms with Gasteiger partial charge in [0.15, 0.2) is 5.78 Å². The highest BCUT2D eigenvalue weighted by Gasteiger charge is 2.18. The first-order valence-electron chi connectivity index (χ1n) is 5.65. The molecule has 1 aromatic carbocycles. The molecule has 0 aliphatic carbocycles. The molecule has 0 radical (unpaired) electrons. The zero-order chi connectivity index (χ0) is 12.3. The van der Waals surface area contributed by atoms with Crippen molar-refractivity contribution in [2.75, 3.05) is 13.2 Å². The van der Waals surface area contributed by atoms with Gasteiger partial charge in [0, 0.05) is 12.0 Å². The molecule has 0 spiro atoms. The van der Waals surface area contributed by atoms with Gasteiger partial charge in [-0.05, 0) is 12.5 Å². The molecule has 1 aliphatic heterocycles. The van der Waals surface area contributed by atoms with Gasteiger partial charge in [-0.25, -0.2) is 0 Å². The Kier molecular flexibility index (Phi) is 3.54. The first-order chi connectivity index (χ1) is 8.16. The van der Waals surface area contributed by atoms with Crippen molar-refractivity contribution in [3.8, 4) is 0 Å². The summed E-state index contributed by atoms with van der Waals surface area (Å²) in [4.78, 5) is 22.5. The van der Waals surface area contributed by atoms with Crippen LogP contribution in [0.2, 0.25) is 0 Å². The van der Waals surface area contributed by atoms with Crippen LogP contribution in [-0.2, 0) is 9.53 Å². The minimum Gasteiger partial charge on any atom is -0.378 e. The Morgan fingerprint density at radius 1 is 1.35 bits per heavy atom. The van der Waals surface area contributed by atoms with Crippen LogP contribution in [0.3, 0.4) is 0 Å². The summed E-state index contributed by atoms with van der Waals surface area (Å²) >= 11 is 0. The minimum absolute atomic E-state index is 0.00291. The molecule has 1 unspecified atom stereocenters. The van der Waals surface area contributed by atoms with Crippen molar-refractivity contribution in [1.82, 2.24) is 5.32 Å². The van der Waals surface area contributed by atoms with Crippen molar-refractivity contribution in [3.63, 3.8) is 0 Å². The summed E-state index contributed by atoms with van der Waals surface area (Å²) in [5, 5.41) is 2.89. The van der Waals surface area contributed by atoms with E-state index < -0.39 is 0 Å². The number of rotatable bonds is 2. The summed E-state index contributed by atoms with van der Waals surface area (Å²) in [6.07, 6.45) is 0.405. The number of hydrogen-bond acceptors (Lipinski definition) is 3. The average molecular weight is 233 g/mol. The van der Waals surface area contributed by atoms with Gasteiger partial charge in [-0.15, -0.1) is 0 Å². The van der Waals surface area contributed by atoms with E-state index in [0.29, 0.717) is 25.2 Å². The first kappa shape index (κ1) is 11.8. The van der Waals surface area contributed by atoms with Gasteiger partial charge in [-0.3, -0.25) is 9.59 Å². The molecule has 2 rings (SSSR count). The topological polar surface area (TPSA) is 55.4 Å². The van der Waals surface area contributed by atoms with Gasteiger partial charge in [0.2, 0.25) is 5.91 Å². The third-order valence-corrected chi connectivity index (χ3v) is 2.81. The SMILES string of the molecule is CC(=O)c1ccc(C2COCCC(=O)N2)cc1. The van der Waals surface area contributed by atoms with E-state index in [9.17, 15) is 9.59 Å². The van der Waals surface area contributed by atoms with Crippen LogP contribution in [-0.4, -0.2) is 24.9 Å². The van der Waals surface area contributed by atoms with Gasteiger partial charge in [-0.2, -0.15) is 0 Å². The number of ketones is 1. The predicted octanol–water partition coefficient (Wildman–Crippen LogP) is 1.47. The van der Waals surface area contributed by atoms with E-state index in [2.05, 4.69) is 5.32 Å². The molecule has 1 N–H and O–H groups in total. The van der Waals surface area contributed by atoms with Crippen LogP contribution in [0.15, 0.2) is 24.3 Å². The molecular formula is C13H15NO3. The van der Waals surface area contributed by atoms with E-state index >= 15 is 0 Å². The molecule has 17 heavy (non-hydrogen) atoms. The average Bonchev–Trinajstić information content (AvgIpc) is 2.54. The number of amides is 1. The van der Waals surface area contributed by atoms with Crippen molar-refractivity contribution < 1.29 is 14.3 Å². The Morgan fingerprint density at radius 2 is 2.06 bits per heavy atom. The number of hydrogen-bond donors (Lipinski definition) is 1. The quantitative estimate of drug-likeness (QED) is 0.787. The molecule has 4 heteroatoms. The number of ether oxygens (including phenoxy) is 1. The van der Waals surface area contributed by atoms with Crippen molar-refractivity contribution in [2.24, 2.45) is 0 Å². The normalized spacial score (nSPS) is 20.5. The fraction of sp³-hybridized carbons (Fsp3) is 0.385. The maximum atomic E-state index is 11.4. The van der Waals surface area contributed by atoms with E-state index in [4.69, 9.17) is 4.74 Å². The summed E-state index contributed by atoms with van der Waals surface area (Å²) < 4.78 is 5.36. The van der Waals surface area contributed by atoms with E-state index in [1.807, 2.05) is 12.1 Å². The predicted molar refractivity (Wildman–Crippen MR) is 62.8 cm³/mol. The molecule has 90 valence electrons. The monoisotopic (exact) mass is 233 g/mol. The summed E-state index contributed by atoms with van der Waals surface area (Å²) in [5.74, 6) is 0.0425. The second kappa shape index (κ2) is 5.10. The molecule has 4 nitrogen and oxygen atoms in total. The Hall–Kier alpha value is -1.68. The summed E-state index contributed by atoms with van der Waals surface area (Å²) in [6.45, 7) is 2.48. The number of benzene rings is 1. The molecule has 1 atom stereocenters. The molecule has 1 aromatic rings. The summed E-state index contributed by atoms with van der Waals surface area (Å²) in [5.41, 5.74) is 1.64. The van der Waals surface area contributed by atoms with Crippen molar-refractivity contribution in [1.29, 1.82) is 0 Å². The Bertz CT molecular complexity index is 425. The molecule has 0 bridgehead atoms. The highest BCUT2D eigenvalue weighted by Crippen LogP contribution is 2.16. The largest absolute Gasteiger partial charge is 0.378 e. The summed E-state index contributed by atoms with van der Waals surface area (Å²) in [7, 11) is 0. The maximum Gasteiger partial charge on any atom is 0.222 e. The molecule has 0 aromatic heterocycles. The third-order valence-electron chi connectivity index (χ3n) is 2.81. The maximum absolute atomic E-state index is 11.4. The Balaban J connectivity index is 2.15. The van der Waals surface area contributed by atoms with Gasteiger partial charge >= 0.3 is 0 Å². The third kappa shape index (κ3) is 2.91. The van der Waals surface area contributed by atoms with Gasteiger partial charge in [0.05, 0.1) is 19.3 Å². The van der Waals surface area contributed by atoms with Crippen molar-refractivity contribution >= 4 is 11.7 Å². The molecule has 1 heterocycles. The minimum atomic E-state index is -0.119. The van der Waals surface area contributed by atoms with Crippen molar-refractivity contribution in [3.05, 3.63) is 35.4 Å². The molecule has 1 saturated heterocycles. The highest BCUT2D eigenvalue weighted by atomic mass is 16.5. The van der Waals surface area contributed by atoms with Crippen LogP contribution >= 0.6 is 0 Å². The van der Waals surface area contributed by atoms with Gasteiger partial charge in [-0.1, -0.05) is 24.3 Å². The van der Waals surface area contributed by atoms with Gasteiger partial charge in [0.1, 0.15) is 0 Å². The Morgan fingerprint density at radius 3 is 2.71 bits per heavy atom. The van der Waals surface area contributed by atoms with E-state index in [0.717, 1.165) is 5.56 Å². The van der Waals surface area contributed by atoms with Gasteiger partial charge < -0.3 is 10.1 Å². The fourth-order valence-corrected chi connectivity index (χ4v) is 1.80. The summed E-state index contributed by atoms with van der Waals surface area (Å²) in [6, 6.07) is 7.14. The number of nitrogens with one attached hydrogen (secondary N) is 1. The van der Waals surface area contributed by atoms with Crippen LogP contribution in [0.1, 0.15) is 35.3 Å². The lowest BCUT2D eigenvalue weighted by atomic mass is 10.0. The lowest BCUT2D eigenvalue weighted by Gasteiger charge is -2.15. The number of carbonyl (C=O) groups excluding carboxylic acids is 2. The van der Waals surface area contributed by atoms with Crippen LogP contribution in [0, 0.1) is 0 Å². The van der Waals surface area contributed by atoms with Gasteiger partial charge in [0.25, 0.3) is 0 Å². The molecule has 1 amide bonds. The number of Topliss-reactive ketones (excluding diaryl/α,β-unsaturated/α-hetero) is 1. The molecular weight excluding hydrogens is 218 g/mol. The van der Waals surface area contributed by atoms with E-state index in [1.54, 1.807) is 12.1 Å². The smallest absolute Gasteiger partial charge is 0.222 e. The second-order valence-electron chi connectivity index (χ2n) is 4.12. The Labute approximate surface area is 100.0 Å². The number of carbonyl (C=O) groups is 2. The van der Waals surface area contributed by atoms with Crippen molar-refractivity contribution in [2.45, 2.75) is 19.4 Å². The fourth-order valence-electron chi connectivity index (χ4n) is 1.80. The highest BCUT2D eigenvalue weighted by molar-refractivity contribution is 5.94. The molecule has 1 aliphatic rings. The lowest BCUT2D eigenvalue weighted by molar-refractivity contribution is -0.121. The zero-order valence-electron chi connectivity index (χ0n) is 9.73. The second-order valence-corrected chi connectivity index (χ2v) is 4.12.